The summed E-state index contributed by atoms with van der Waals surface area (Å²) in [5.41, 5.74) is 0.909. The minimum Gasteiger partial charge on any atom is -0.466 e. The molecular weight excluding hydrogens is 204 g/mol. The maximum atomic E-state index is 11.2. The van der Waals surface area contributed by atoms with E-state index < -0.39 is 0 Å². The van der Waals surface area contributed by atoms with Gasteiger partial charge in [0.2, 0.25) is 0 Å². The van der Waals surface area contributed by atoms with Crippen molar-refractivity contribution >= 4 is 17.0 Å². The number of carbonyl (C=O) groups excluding carboxylic acids is 1. The molecule has 0 N–H and O–H groups in total. The molecule has 2 aromatic heterocycles. The van der Waals surface area contributed by atoms with Gasteiger partial charge in [0.25, 0.3) is 0 Å². The lowest BCUT2D eigenvalue weighted by atomic mass is 10.3. The number of ether oxygens (including phenoxy) is 1. The number of pyridine rings is 1. The molecule has 0 aliphatic rings. The van der Waals surface area contributed by atoms with Crippen LogP contribution in [0.5, 0.6) is 0 Å². The van der Waals surface area contributed by atoms with Crippen molar-refractivity contribution in [1.82, 2.24) is 9.55 Å². The standard InChI is InChI=1S/C12H14N2O2/c1-2-16-11(15)6-9-14-8-5-10-4-3-7-13-12(10)14/h3-5,7-8H,2,6,9H2,1H3. The first kappa shape index (κ1) is 10.7. The van der Waals surface area contributed by atoms with Gasteiger partial charge >= 0.3 is 5.97 Å². The van der Waals surface area contributed by atoms with Gasteiger partial charge in [0.1, 0.15) is 5.65 Å². The number of hydrogen-bond acceptors (Lipinski definition) is 3. The highest BCUT2D eigenvalue weighted by Crippen LogP contribution is 2.12. The lowest BCUT2D eigenvalue weighted by Crippen LogP contribution is -2.08. The second kappa shape index (κ2) is 4.79. The number of hydrogen-bond donors (Lipinski definition) is 0. The Morgan fingerprint density at radius 1 is 1.50 bits per heavy atom. The van der Waals surface area contributed by atoms with Crippen molar-refractivity contribution in [1.29, 1.82) is 0 Å². The first-order chi connectivity index (χ1) is 7.81. The van der Waals surface area contributed by atoms with Crippen molar-refractivity contribution in [3.63, 3.8) is 0 Å². The number of rotatable bonds is 4. The fourth-order valence-electron chi connectivity index (χ4n) is 1.65. The van der Waals surface area contributed by atoms with Gasteiger partial charge in [-0.15, -0.1) is 0 Å². The van der Waals surface area contributed by atoms with Crippen LogP contribution in [0.3, 0.4) is 0 Å². The van der Waals surface area contributed by atoms with Crippen LogP contribution >= 0.6 is 0 Å². The Hall–Kier alpha value is -1.84. The summed E-state index contributed by atoms with van der Waals surface area (Å²) in [5.74, 6) is -0.166. The van der Waals surface area contributed by atoms with Crippen LogP contribution in [-0.2, 0) is 16.1 Å². The van der Waals surface area contributed by atoms with Crippen LogP contribution in [0.25, 0.3) is 11.0 Å². The second-order valence-corrected chi connectivity index (χ2v) is 3.48. The van der Waals surface area contributed by atoms with Gasteiger partial charge in [-0.2, -0.15) is 0 Å². The molecule has 0 saturated heterocycles. The van der Waals surface area contributed by atoms with Crippen LogP contribution in [0, 0.1) is 0 Å². The molecule has 0 aliphatic carbocycles. The minimum absolute atomic E-state index is 0.166. The smallest absolute Gasteiger partial charge is 0.307 e. The van der Waals surface area contributed by atoms with E-state index in [0.29, 0.717) is 19.6 Å². The molecule has 2 aromatic rings. The van der Waals surface area contributed by atoms with E-state index in [4.69, 9.17) is 4.74 Å². The third-order valence-corrected chi connectivity index (χ3v) is 2.39. The van der Waals surface area contributed by atoms with Gasteiger partial charge in [-0.3, -0.25) is 4.79 Å². The molecule has 0 aliphatic heterocycles. The molecule has 0 unspecified atom stereocenters. The molecule has 0 spiro atoms. The Kier molecular flexibility index (Phi) is 3.19. The van der Waals surface area contributed by atoms with E-state index >= 15 is 0 Å². The predicted octanol–water partition coefficient (Wildman–Crippen LogP) is 1.99. The SMILES string of the molecule is CCOC(=O)CCn1ccc2cccnc21. The fourth-order valence-corrected chi connectivity index (χ4v) is 1.65. The highest BCUT2D eigenvalue weighted by molar-refractivity contribution is 5.76. The van der Waals surface area contributed by atoms with E-state index in [1.165, 1.54) is 0 Å². The molecule has 84 valence electrons. The Labute approximate surface area is 93.9 Å². The van der Waals surface area contributed by atoms with Gasteiger partial charge in [0.15, 0.2) is 0 Å². The van der Waals surface area contributed by atoms with Gasteiger partial charge in [0.05, 0.1) is 13.0 Å². The van der Waals surface area contributed by atoms with Crippen LogP contribution in [0.4, 0.5) is 0 Å². The quantitative estimate of drug-likeness (QED) is 0.737. The fraction of sp³-hybridized carbons (Fsp3) is 0.333. The molecule has 4 heteroatoms. The Morgan fingerprint density at radius 3 is 3.19 bits per heavy atom. The highest BCUT2D eigenvalue weighted by Gasteiger charge is 2.05. The topological polar surface area (TPSA) is 44.1 Å². The molecule has 0 aromatic carbocycles. The normalized spacial score (nSPS) is 10.6. The largest absolute Gasteiger partial charge is 0.466 e. The number of carbonyl (C=O) groups is 1. The number of nitrogens with zero attached hydrogens (tertiary/aromatic N) is 2. The summed E-state index contributed by atoms with van der Waals surface area (Å²) in [6.07, 6.45) is 4.08. The first-order valence-corrected chi connectivity index (χ1v) is 5.36. The van der Waals surface area contributed by atoms with E-state index in [1.54, 1.807) is 6.20 Å². The zero-order chi connectivity index (χ0) is 11.4. The van der Waals surface area contributed by atoms with Crippen molar-refractivity contribution in [2.75, 3.05) is 6.61 Å². The zero-order valence-electron chi connectivity index (χ0n) is 9.22. The van der Waals surface area contributed by atoms with E-state index in [-0.39, 0.29) is 5.97 Å². The molecule has 0 atom stereocenters. The monoisotopic (exact) mass is 218 g/mol. The van der Waals surface area contributed by atoms with Gasteiger partial charge in [0, 0.05) is 24.3 Å². The maximum Gasteiger partial charge on any atom is 0.307 e. The Bertz CT molecular complexity index is 490. The van der Waals surface area contributed by atoms with Crippen molar-refractivity contribution < 1.29 is 9.53 Å². The molecule has 0 saturated carbocycles. The molecule has 2 heterocycles. The first-order valence-electron chi connectivity index (χ1n) is 5.36. The Morgan fingerprint density at radius 2 is 2.38 bits per heavy atom. The molecule has 0 bridgehead atoms. The summed E-state index contributed by atoms with van der Waals surface area (Å²) in [6, 6.07) is 5.90. The lowest BCUT2D eigenvalue weighted by Gasteiger charge is -2.04. The zero-order valence-corrected chi connectivity index (χ0v) is 9.22. The third kappa shape index (κ3) is 2.21. The van der Waals surface area contributed by atoms with Gasteiger partial charge in [-0.25, -0.2) is 4.98 Å². The van der Waals surface area contributed by atoms with Crippen LogP contribution in [0.1, 0.15) is 13.3 Å². The Balaban J connectivity index is 2.07. The second-order valence-electron chi connectivity index (χ2n) is 3.48. The van der Waals surface area contributed by atoms with Crippen LogP contribution in [0.2, 0.25) is 0 Å². The summed E-state index contributed by atoms with van der Waals surface area (Å²) in [7, 11) is 0. The minimum atomic E-state index is -0.166. The van der Waals surface area contributed by atoms with Crippen molar-refractivity contribution in [2.45, 2.75) is 19.9 Å². The summed E-state index contributed by atoms with van der Waals surface area (Å²) in [5, 5.41) is 1.09. The molecule has 0 radical (unpaired) electrons. The molecule has 0 amide bonds. The van der Waals surface area contributed by atoms with Crippen LogP contribution in [-0.4, -0.2) is 22.1 Å². The molecule has 2 rings (SSSR count). The van der Waals surface area contributed by atoms with Crippen LogP contribution in [0.15, 0.2) is 30.6 Å². The molecule has 16 heavy (non-hydrogen) atoms. The highest BCUT2D eigenvalue weighted by atomic mass is 16.5. The number of aryl methyl sites for hydroxylation is 1. The average Bonchev–Trinajstić information content (AvgIpc) is 2.70. The van der Waals surface area contributed by atoms with Crippen molar-refractivity contribution in [3.05, 3.63) is 30.6 Å². The van der Waals surface area contributed by atoms with Crippen LogP contribution < -0.4 is 0 Å². The van der Waals surface area contributed by atoms with Gasteiger partial charge < -0.3 is 9.30 Å². The summed E-state index contributed by atoms with van der Waals surface area (Å²) in [4.78, 5) is 15.5. The summed E-state index contributed by atoms with van der Waals surface area (Å²) in [6.45, 7) is 2.85. The van der Waals surface area contributed by atoms with E-state index in [9.17, 15) is 4.79 Å². The third-order valence-electron chi connectivity index (χ3n) is 2.39. The van der Waals surface area contributed by atoms with Gasteiger partial charge in [-0.05, 0) is 25.1 Å². The molecular formula is C12H14N2O2. The predicted molar refractivity (Wildman–Crippen MR) is 61.0 cm³/mol. The summed E-state index contributed by atoms with van der Waals surface area (Å²) < 4.78 is 6.84. The number of esters is 1. The van der Waals surface area contributed by atoms with E-state index in [1.807, 2.05) is 35.9 Å². The van der Waals surface area contributed by atoms with Crippen molar-refractivity contribution in [2.24, 2.45) is 0 Å². The average molecular weight is 218 g/mol. The lowest BCUT2D eigenvalue weighted by molar-refractivity contribution is -0.143. The molecule has 4 nitrogen and oxygen atoms in total. The van der Waals surface area contributed by atoms with Crippen molar-refractivity contribution in [3.8, 4) is 0 Å². The van der Waals surface area contributed by atoms with E-state index in [0.717, 1.165) is 11.0 Å². The maximum absolute atomic E-state index is 11.2. The van der Waals surface area contributed by atoms with Gasteiger partial charge in [-0.1, -0.05) is 0 Å². The summed E-state index contributed by atoms with van der Waals surface area (Å²) >= 11 is 0. The number of fused-ring (bicyclic) bond motifs is 1. The number of aromatic nitrogens is 2. The molecule has 0 fully saturated rings. The van der Waals surface area contributed by atoms with E-state index in [2.05, 4.69) is 4.98 Å².